The van der Waals surface area contributed by atoms with E-state index in [2.05, 4.69) is 31.5 Å². The van der Waals surface area contributed by atoms with Crippen LogP contribution in [0.25, 0.3) is 0 Å². The van der Waals surface area contributed by atoms with Gasteiger partial charge in [-0.2, -0.15) is 0 Å². The average molecular weight is 221 g/mol. The van der Waals surface area contributed by atoms with Gasteiger partial charge in [0.15, 0.2) is 0 Å². The second-order valence-corrected chi connectivity index (χ2v) is 4.91. The van der Waals surface area contributed by atoms with Crippen molar-refractivity contribution >= 4 is 0 Å². The molecule has 0 aromatic heterocycles. The van der Waals surface area contributed by atoms with Crippen molar-refractivity contribution in [1.29, 1.82) is 0 Å². The Kier molecular flexibility index (Phi) is 3.59. The van der Waals surface area contributed by atoms with Crippen molar-refractivity contribution in [2.24, 2.45) is 5.41 Å². The van der Waals surface area contributed by atoms with Crippen molar-refractivity contribution in [2.45, 2.75) is 26.6 Å². The number of hydrogen-bond donors (Lipinski definition) is 1. The average Bonchev–Trinajstić information content (AvgIpc) is 2.28. The van der Waals surface area contributed by atoms with Gasteiger partial charge in [-0.25, -0.2) is 5.48 Å². The van der Waals surface area contributed by atoms with Gasteiger partial charge in [-0.1, -0.05) is 44.2 Å². The van der Waals surface area contributed by atoms with Gasteiger partial charge in [-0.05, 0) is 5.56 Å². The van der Waals surface area contributed by atoms with Crippen LogP contribution in [-0.2, 0) is 16.2 Å². The molecule has 1 aromatic carbocycles. The fourth-order valence-electron chi connectivity index (χ4n) is 1.76. The van der Waals surface area contributed by atoms with E-state index < -0.39 is 0 Å². The minimum Gasteiger partial charge on any atom is -0.370 e. The second kappa shape index (κ2) is 4.95. The first-order valence-corrected chi connectivity index (χ1v) is 5.69. The second-order valence-electron chi connectivity index (χ2n) is 4.91. The number of nitrogens with one attached hydrogen (secondary N) is 1. The van der Waals surface area contributed by atoms with Crippen LogP contribution in [0.3, 0.4) is 0 Å². The van der Waals surface area contributed by atoms with Crippen molar-refractivity contribution in [1.82, 2.24) is 5.48 Å². The molecule has 1 aliphatic rings. The maximum Gasteiger partial charge on any atom is 0.0950 e. The van der Waals surface area contributed by atoms with Gasteiger partial charge in [0.2, 0.25) is 0 Å². The van der Waals surface area contributed by atoms with Gasteiger partial charge in [-0.15, -0.1) is 0 Å². The van der Waals surface area contributed by atoms with Gasteiger partial charge in [-0.3, -0.25) is 4.84 Å². The lowest BCUT2D eigenvalue weighted by atomic mass is 9.86. The highest BCUT2D eigenvalue weighted by atomic mass is 16.7. The summed E-state index contributed by atoms with van der Waals surface area (Å²) in [5.41, 5.74) is 4.25. The highest BCUT2D eigenvalue weighted by molar-refractivity contribution is 5.13. The third-order valence-corrected chi connectivity index (χ3v) is 3.03. The van der Waals surface area contributed by atoms with Gasteiger partial charge in [0.05, 0.1) is 19.3 Å². The maximum absolute atomic E-state index is 5.92. The Hall–Kier alpha value is -0.900. The predicted molar refractivity (Wildman–Crippen MR) is 62.8 cm³/mol. The van der Waals surface area contributed by atoms with Crippen LogP contribution in [0.2, 0.25) is 0 Å². The van der Waals surface area contributed by atoms with Crippen LogP contribution >= 0.6 is 0 Å². The molecule has 0 spiro atoms. The molecule has 0 saturated carbocycles. The summed E-state index contributed by atoms with van der Waals surface area (Å²) in [6, 6.07) is 10.2. The van der Waals surface area contributed by atoms with Crippen molar-refractivity contribution in [3.8, 4) is 0 Å². The van der Waals surface area contributed by atoms with E-state index >= 15 is 0 Å². The van der Waals surface area contributed by atoms with Crippen LogP contribution in [0, 0.1) is 5.41 Å². The molecule has 16 heavy (non-hydrogen) atoms. The van der Waals surface area contributed by atoms with Crippen molar-refractivity contribution in [3.63, 3.8) is 0 Å². The minimum atomic E-state index is 0.118. The number of hydrogen-bond acceptors (Lipinski definition) is 3. The summed E-state index contributed by atoms with van der Waals surface area (Å²) < 4.78 is 5.92. The molecule has 3 heteroatoms. The molecule has 88 valence electrons. The molecule has 1 aromatic rings. The number of benzene rings is 1. The van der Waals surface area contributed by atoms with Crippen molar-refractivity contribution in [2.75, 3.05) is 13.2 Å². The van der Waals surface area contributed by atoms with E-state index in [4.69, 9.17) is 9.57 Å². The first-order valence-electron chi connectivity index (χ1n) is 5.69. The maximum atomic E-state index is 5.92. The molecule has 1 atom stereocenters. The molecular weight excluding hydrogens is 202 g/mol. The van der Waals surface area contributed by atoms with Crippen LogP contribution in [-0.4, -0.2) is 19.3 Å². The lowest BCUT2D eigenvalue weighted by molar-refractivity contribution is -0.150. The first-order chi connectivity index (χ1) is 7.68. The number of rotatable bonds is 3. The number of hydroxylamine groups is 1. The summed E-state index contributed by atoms with van der Waals surface area (Å²) in [7, 11) is 0. The molecular formula is C13H19NO2. The summed E-state index contributed by atoms with van der Waals surface area (Å²) >= 11 is 0. The molecule has 1 heterocycles. The van der Waals surface area contributed by atoms with E-state index in [1.165, 1.54) is 5.56 Å². The SMILES string of the molecule is CC1(C)CNOCC1OCc1ccccc1. The molecule has 1 fully saturated rings. The Bertz CT molecular complexity index is 324. The molecule has 0 aliphatic carbocycles. The normalized spacial score (nSPS) is 24.2. The fraction of sp³-hybridized carbons (Fsp3) is 0.538. The van der Waals surface area contributed by atoms with Crippen LogP contribution in [0.15, 0.2) is 30.3 Å². The standard InChI is InChI=1S/C13H19NO2/c1-13(2)10-14-16-9-12(13)15-8-11-6-4-3-5-7-11/h3-7,12,14H,8-10H2,1-2H3. The van der Waals surface area contributed by atoms with E-state index in [0.717, 1.165) is 6.54 Å². The zero-order valence-electron chi connectivity index (χ0n) is 9.90. The molecule has 1 N–H and O–H groups in total. The van der Waals surface area contributed by atoms with E-state index in [1.807, 2.05) is 18.2 Å². The summed E-state index contributed by atoms with van der Waals surface area (Å²) in [6.07, 6.45) is 0.147. The predicted octanol–water partition coefficient (Wildman–Crippen LogP) is 2.13. The van der Waals surface area contributed by atoms with E-state index in [9.17, 15) is 0 Å². The summed E-state index contributed by atoms with van der Waals surface area (Å²) in [6.45, 7) is 6.47. The highest BCUT2D eigenvalue weighted by Gasteiger charge is 2.33. The molecule has 3 nitrogen and oxygen atoms in total. The topological polar surface area (TPSA) is 30.5 Å². The van der Waals surface area contributed by atoms with Gasteiger partial charge >= 0.3 is 0 Å². The molecule has 0 radical (unpaired) electrons. The van der Waals surface area contributed by atoms with Crippen LogP contribution in [0.5, 0.6) is 0 Å². The minimum absolute atomic E-state index is 0.118. The van der Waals surface area contributed by atoms with Gasteiger partial charge in [0.25, 0.3) is 0 Å². The lowest BCUT2D eigenvalue weighted by Crippen LogP contribution is -2.49. The zero-order chi connectivity index (χ0) is 11.4. The van der Waals surface area contributed by atoms with Crippen LogP contribution < -0.4 is 5.48 Å². The van der Waals surface area contributed by atoms with Gasteiger partial charge < -0.3 is 4.74 Å². The molecule has 1 unspecified atom stereocenters. The molecule has 1 aliphatic heterocycles. The summed E-state index contributed by atoms with van der Waals surface area (Å²) in [5.74, 6) is 0. The monoisotopic (exact) mass is 221 g/mol. The fourth-order valence-corrected chi connectivity index (χ4v) is 1.76. The van der Waals surface area contributed by atoms with E-state index in [1.54, 1.807) is 0 Å². The van der Waals surface area contributed by atoms with Crippen molar-refractivity contribution < 1.29 is 9.57 Å². The lowest BCUT2D eigenvalue weighted by Gasteiger charge is -2.38. The molecule has 2 rings (SSSR count). The van der Waals surface area contributed by atoms with Crippen LogP contribution in [0.1, 0.15) is 19.4 Å². The largest absolute Gasteiger partial charge is 0.370 e. The third kappa shape index (κ3) is 2.82. The number of ether oxygens (including phenoxy) is 1. The Morgan fingerprint density at radius 1 is 1.38 bits per heavy atom. The zero-order valence-corrected chi connectivity index (χ0v) is 9.90. The Labute approximate surface area is 96.7 Å². The Balaban J connectivity index is 1.90. The summed E-state index contributed by atoms with van der Waals surface area (Å²) in [5, 5.41) is 0. The van der Waals surface area contributed by atoms with Gasteiger partial charge in [0, 0.05) is 12.0 Å². The Morgan fingerprint density at radius 2 is 2.12 bits per heavy atom. The highest BCUT2D eigenvalue weighted by Crippen LogP contribution is 2.26. The van der Waals surface area contributed by atoms with E-state index in [-0.39, 0.29) is 11.5 Å². The summed E-state index contributed by atoms with van der Waals surface area (Å²) in [4.78, 5) is 5.23. The van der Waals surface area contributed by atoms with Gasteiger partial charge in [0.1, 0.15) is 0 Å². The first kappa shape index (κ1) is 11.6. The van der Waals surface area contributed by atoms with Crippen molar-refractivity contribution in [3.05, 3.63) is 35.9 Å². The third-order valence-electron chi connectivity index (χ3n) is 3.03. The Morgan fingerprint density at radius 3 is 2.81 bits per heavy atom. The smallest absolute Gasteiger partial charge is 0.0950 e. The molecule has 0 bridgehead atoms. The molecule has 1 saturated heterocycles. The van der Waals surface area contributed by atoms with Crippen LogP contribution in [0.4, 0.5) is 0 Å². The molecule has 0 amide bonds. The quantitative estimate of drug-likeness (QED) is 0.848. The van der Waals surface area contributed by atoms with E-state index in [0.29, 0.717) is 13.2 Å².